The zero-order valence-corrected chi connectivity index (χ0v) is 19.7. The van der Waals surface area contributed by atoms with E-state index in [2.05, 4.69) is 5.32 Å². The van der Waals surface area contributed by atoms with Crippen LogP contribution in [0.3, 0.4) is 0 Å². The minimum absolute atomic E-state index is 0.0529. The normalized spacial score (nSPS) is 13.3. The smallest absolute Gasteiger partial charge is 0.408 e. The summed E-state index contributed by atoms with van der Waals surface area (Å²) in [6.07, 6.45) is -1.46. The Kier molecular flexibility index (Phi) is 9.68. The molecule has 2 atom stereocenters. The van der Waals surface area contributed by atoms with Crippen LogP contribution in [-0.4, -0.2) is 48.4 Å². The minimum atomic E-state index is -1.53. The van der Waals surface area contributed by atoms with Gasteiger partial charge in [0, 0.05) is 0 Å². The lowest BCUT2D eigenvalue weighted by atomic mass is 9.95. The van der Waals surface area contributed by atoms with E-state index in [1.54, 1.807) is 65.8 Å². The molecule has 1 aromatic carbocycles. The standard InChI is InChI=1S/C23H33NO8/c1-22(2,3)31-17(25)13-16(19(26)29-7)18(20(27)32-23(4,5)6)24-21(28)30-14-15-11-9-8-10-12-15/h8-12,16,18H,13-14H2,1-7H3,(H,24,28)/t16-,18+/m1/s1. The molecule has 0 aromatic heterocycles. The molecule has 0 radical (unpaired) electrons. The number of esters is 3. The number of ether oxygens (including phenoxy) is 4. The summed E-state index contributed by atoms with van der Waals surface area (Å²) in [6, 6.07) is 7.39. The summed E-state index contributed by atoms with van der Waals surface area (Å²) in [7, 11) is 1.12. The van der Waals surface area contributed by atoms with Crippen molar-refractivity contribution in [2.45, 2.75) is 71.8 Å². The van der Waals surface area contributed by atoms with Crippen molar-refractivity contribution in [2.75, 3.05) is 7.11 Å². The number of carbonyl (C=O) groups excluding carboxylic acids is 4. The Hall–Kier alpha value is -3.10. The van der Waals surface area contributed by atoms with Crippen molar-refractivity contribution < 1.29 is 38.1 Å². The number of alkyl carbamates (subject to hydrolysis) is 1. The van der Waals surface area contributed by atoms with E-state index >= 15 is 0 Å². The molecule has 178 valence electrons. The van der Waals surface area contributed by atoms with Crippen LogP contribution in [-0.2, 0) is 39.9 Å². The highest BCUT2D eigenvalue weighted by Crippen LogP contribution is 2.20. The molecule has 9 heteroatoms. The Morgan fingerprint density at radius 2 is 1.44 bits per heavy atom. The predicted octanol–water partition coefficient (Wildman–Crippen LogP) is 3.14. The van der Waals surface area contributed by atoms with Crippen molar-refractivity contribution >= 4 is 24.0 Å². The van der Waals surface area contributed by atoms with Crippen molar-refractivity contribution in [3.63, 3.8) is 0 Å². The molecule has 0 spiro atoms. The molecule has 1 aromatic rings. The van der Waals surface area contributed by atoms with Crippen LogP contribution in [0.25, 0.3) is 0 Å². The molecule has 0 bridgehead atoms. The summed E-state index contributed by atoms with van der Waals surface area (Å²) in [5, 5.41) is 2.35. The molecule has 0 unspecified atom stereocenters. The van der Waals surface area contributed by atoms with E-state index in [4.69, 9.17) is 18.9 Å². The molecular weight excluding hydrogens is 418 g/mol. The van der Waals surface area contributed by atoms with Gasteiger partial charge in [0.25, 0.3) is 0 Å². The van der Waals surface area contributed by atoms with Crippen LogP contribution in [0.1, 0.15) is 53.5 Å². The SMILES string of the molecule is COC(=O)[C@H](CC(=O)OC(C)(C)C)[C@H](NC(=O)OCc1ccccc1)C(=O)OC(C)(C)C. The average Bonchev–Trinajstić information content (AvgIpc) is 2.66. The second-order valence-electron chi connectivity index (χ2n) is 9.14. The van der Waals surface area contributed by atoms with Gasteiger partial charge in [0.1, 0.15) is 23.9 Å². The van der Waals surface area contributed by atoms with Crippen LogP contribution in [0.15, 0.2) is 30.3 Å². The first-order chi connectivity index (χ1) is 14.7. The summed E-state index contributed by atoms with van der Waals surface area (Å²) in [6.45, 7) is 9.86. The van der Waals surface area contributed by atoms with E-state index in [-0.39, 0.29) is 6.61 Å². The predicted molar refractivity (Wildman–Crippen MR) is 115 cm³/mol. The Morgan fingerprint density at radius 1 is 0.875 bits per heavy atom. The van der Waals surface area contributed by atoms with E-state index < -0.39 is 53.6 Å². The molecule has 9 nitrogen and oxygen atoms in total. The Labute approximate surface area is 188 Å². The van der Waals surface area contributed by atoms with Crippen LogP contribution in [0, 0.1) is 5.92 Å². The largest absolute Gasteiger partial charge is 0.469 e. The summed E-state index contributed by atoms with van der Waals surface area (Å²) < 4.78 is 20.5. The zero-order valence-electron chi connectivity index (χ0n) is 19.7. The van der Waals surface area contributed by atoms with Gasteiger partial charge in [-0.3, -0.25) is 9.59 Å². The van der Waals surface area contributed by atoms with Crippen molar-refractivity contribution in [3.8, 4) is 0 Å². The van der Waals surface area contributed by atoms with E-state index in [0.29, 0.717) is 0 Å². The molecule has 1 amide bonds. The third-order valence-corrected chi connectivity index (χ3v) is 3.86. The highest BCUT2D eigenvalue weighted by Gasteiger charge is 2.41. The molecule has 0 saturated heterocycles. The third-order valence-electron chi connectivity index (χ3n) is 3.86. The van der Waals surface area contributed by atoms with Crippen molar-refractivity contribution in [1.82, 2.24) is 5.32 Å². The number of amides is 1. The molecule has 0 aliphatic heterocycles. The lowest BCUT2D eigenvalue weighted by Crippen LogP contribution is -2.52. The Morgan fingerprint density at radius 3 is 1.94 bits per heavy atom. The summed E-state index contributed by atoms with van der Waals surface area (Å²) >= 11 is 0. The molecule has 0 saturated carbocycles. The summed E-state index contributed by atoms with van der Waals surface area (Å²) in [5.74, 6) is -3.90. The summed E-state index contributed by atoms with van der Waals surface area (Å²) in [5.41, 5.74) is -0.978. The number of hydrogen-bond acceptors (Lipinski definition) is 8. The van der Waals surface area contributed by atoms with Crippen molar-refractivity contribution in [3.05, 3.63) is 35.9 Å². The monoisotopic (exact) mass is 451 g/mol. The van der Waals surface area contributed by atoms with Gasteiger partial charge in [0.15, 0.2) is 0 Å². The van der Waals surface area contributed by atoms with Gasteiger partial charge in [-0.2, -0.15) is 0 Å². The van der Waals surface area contributed by atoms with Gasteiger partial charge in [-0.1, -0.05) is 30.3 Å². The van der Waals surface area contributed by atoms with Gasteiger partial charge in [-0.05, 0) is 47.1 Å². The van der Waals surface area contributed by atoms with Gasteiger partial charge >= 0.3 is 24.0 Å². The molecule has 0 aliphatic carbocycles. The van der Waals surface area contributed by atoms with Gasteiger partial charge in [0.05, 0.1) is 19.4 Å². The van der Waals surface area contributed by atoms with Crippen LogP contribution >= 0.6 is 0 Å². The second-order valence-corrected chi connectivity index (χ2v) is 9.14. The molecule has 0 fully saturated rings. The second kappa shape index (κ2) is 11.5. The molecule has 0 aliphatic rings. The fourth-order valence-electron chi connectivity index (χ4n) is 2.63. The number of nitrogens with one attached hydrogen (secondary N) is 1. The van der Waals surface area contributed by atoms with E-state index in [1.165, 1.54) is 0 Å². The molecule has 1 N–H and O–H groups in total. The van der Waals surface area contributed by atoms with E-state index in [1.807, 2.05) is 6.07 Å². The van der Waals surface area contributed by atoms with Gasteiger partial charge in [-0.15, -0.1) is 0 Å². The number of carbonyl (C=O) groups is 4. The first-order valence-electron chi connectivity index (χ1n) is 10.2. The fourth-order valence-corrected chi connectivity index (χ4v) is 2.63. The first kappa shape index (κ1) is 26.9. The highest BCUT2D eigenvalue weighted by molar-refractivity contribution is 5.90. The van der Waals surface area contributed by atoms with Crippen LogP contribution in [0.5, 0.6) is 0 Å². The molecule has 0 heterocycles. The first-order valence-corrected chi connectivity index (χ1v) is 10.2. The van der Waals surface area contributed by atoms with Crippen molar-refractivity contribution in [1.29, 1.82) is 0 Å². The Balaban J connectivity index is 3.07. The number of methoxy groups -OCH3 is 1. The quantitative estimate of drug-likeness (QED) is 0.473. The third kappa shape index (κ3) is 10.3. The van der Waals surface area contributed by atoms with Crippen LogP contribution in [0.2, 0.25) is 0 Å². The lowest BCUT2D eigenvalue weighted by molar-refractivity contribution is -0.167. The van der Waals surface area contributed by atoms with Crippen LogP contribution in [0.4, 0.5) is 4.79 Å². The maximum absolute atomic E-state index is 12.8. The van der Waals surface area contributed by atoms with E-state index in [9.17, 15) is 19.2 Å². The minimum Gasteiger partial charge on any atom is -0.469 e. The number of rotatable bonds is 8. The maximum Gasteiger partial charge on any atom is 0.408 e. The van der Waals surface area contributed by atoms with E-state index in [0.717, 1.165) is 12.7 Å². The topological polar surface area (TPSA) is 117 Å². The highest BCUT2D eigenvalue weighted by atomic mass is 16.6. The number of benzene rings is 1. The van der Waals surface area contributed by atoms with Crippen LogP contribution < -0.4 is 5.32 Å². The average molecular weight is 452 g/mol. The maximum atomic E-state index is 12.8. The number of hydrogen-bond donors (Lipinski definition) is 1. The zero-order chi connectivity index (χ0) is 24.5. The summed E-state index contributed by atoms with van der Waals surface area (Å²) in [4.78, 5) is 50.1. The lowest BCUT2D eigenvalue weighted by Gasteiger charge is -2.28. The van der Waals surface area contributed by atoms with Crippen molar-refractivity contribution in [2.24, 2.45) is 5.92 Å². The molecule has 32 heavy (non-hydrogen) atoms. The van der Waals surface area contributed by atoms with Gasteiger partial charge in [-0.25, -0.2) is 9.59 Å². The Bertz CT molecular complexity index is 792. The van der Waals surface area contributed by atoms with Gasteiger partial charge < -0.3 is 24.3 Å². The van der Waals surface area contributed by atoms with Gasteiger partial charge in [0.2, 0.25) is 0 Å². The molecule has 1 rings (SSSR count). The molecular formula is C23H33NO8. The fraction of sp³-hybridized carbons (Fsp3) is 0.565.